The lowest BCUT2D eigenvalue weighted by Gasteiger charge is -2.46. The van der Waals surface area contributed by atoms with E-state index in [2.05, 4.69) is 18.7 Å². The number of allylic oxidation sites excluding steroid dienone is 2. The molecule has 5 N–H and O–H groups in total. The number of nitrogens with two attached hydrogens (primary N) is 1. The van der Waals surface area contributed by atoms with Gasteiger partial charge in [0.25, 0.3) is 5.91 Å². The molecule has 1 aromatic carbocycles. The highest BCUT2D eigenvalue weighted by Crippen LogP contribution is 2.52. The van der Waals surface area contributed by atoms with E-state index >= 15 is 0 Å². The highest BCUT2D eigenvalue weighted by atomic mass is 16.3. The minimum absolute atomic E-state index is 0.0871. The maximum atomic E-state index is 14.2. The van der Waals surface area contributed by atoms with Crippen molar-refractivity contribution in [2.24, 2.45) is 23.5 Å². The Morgan fingerprint density at radius 2 is 1.62 bits per heavy atom. The predicted molar refractivity (Wildman–Crippen MR) is 162 cm³/mol. The molecule has 42 heavy (non-hydrogen) atoms. The van der Waals surface area contributed by atoms with Gasteiger partial charge in [0, 0.05) is 37.5 Å². The maximum Gasteiger partial charge on any atom is 0.255 e. The van der Waals surface area contributed by atoms with E-state index in [1.54, 1.807) is 19.0 Å². The second-order valence-corrected chi connectivity index (χ2v) is 12.4. The number of fused-ring (bicyclic) bond motifs is 3. The first-order valence-electron chi connectivity index (χ1n) is 15.0. The van der Waals surface area contributed by atoms with Gasteiger partial charge in [-0.3, -0.25) is 24.2 Å². The Bertz CT molecular complexity index is 1320. The first-order chi connectivity index (χ1) is 19.8. The van der Waals surface area contributed by atoms with Crippen LogP contribution in [-0.2, 0) is 22.6 Å². The van der Waals surface area contributed by atoms with Gasteiger partial charge in [0.05, 0.1) is 17.5 Å². The number of aromatic hydroxyl groups is 1. The van der Waals surface area contributed by atoms with E-state index in [0.717, 1.165) is 44.5 Å². The number of phenolic OH excluding ortho intramolecular Hbond substituents is 1. The minimum Gasteiger partial charge on any atom is -0.511 e. The molecule has 0 aromatic heterocycles. The van der Waals surface area contributed by atoms with Gasteiger partial charge >= 0.3 is 0 Å². The molecule has 0 bridgehead atoms. The van der Waals surface area contributed by atoms with Crippen molar-refractivity contribution in [1.82, 2.24) is 9.80 Å². The summed E-state index contributed by atoms with van der Waals surface area (Å²) < 4.78 is 0. The number of likely N-dealkylation sites (N-methyl/N-ethyl adjacent to an activating group) is 1. The molecule has 3 unspecified atom stereocenters. The number of benzene rings is 1. The number of ketones is 2. The smallest absolute Gasteiger partial charge is 0.255 e. The Kier molecular flexibility index (Phi) is 9.37. The SMILES string of the molecule is CCCCN(CCCC)Cc1cc(N(C)C)c2c(c1O)C(=O)C1=C(O)C3C(=O)C(C(N)=O)=C(O)[C@@H](N(C)C)C3CC1C2. The van der Waals surface area contributed by atoms with Crippen molar-refractivity contribution in [2.75, 3.05) is 46.2 Å². The number of primary amides is 1. The number of aliphatic hydroxyl groups excluding tert-OH is 2. The lowest BCUT2D eigenvalue weighted by atomic mass is 9.60. The summed E-state index contributed by atoms with van der Waals surface area (Å²) in [7, 11) is 7.25. The topological polar surface area (TPSA) is 148 Å². The molecule has 0 radical (unpaired) electrons. The van der Waals surface area contributed by atoms with Crippen molar-refractivity contribution in [3.05, 3.63) is 45.4 Å². The fourth-order valence-electron chi connectivity index (χ4n) is 7.16. The fraction of sp³-hybridized carbons (Fsp3) is 0.594. The molecule has 3 aliphatic carbocycles. The number of anilines is 1. The van der Waals surface area contributed by atoms with Gasteiger partial charge in [-0.15, -0.1) is 0 Å². The largest absolute Gasteiger partial charge is 0.511 e. The molecule has 4 rings (SSSR count). The molecule has 10 nitrogen and oxygen atoms in total. The van der Waals surface area contributed by atoms with Crippen LogP contribution in [-0.4, -0.2) is 89.9 Å². The third-order valence-electron chi connectivity index (χ3n) is 9.15. The molecule has 0 heterocycles. The van der Waals surface area contributed by atoms with Gasteiger partial charge in [-0.05, 0) is 76.3 Å². The maximum absolute atomic E-state index is 14.2. The molecule has 1 amide bonds. The molecule has 0 aliphatic heterocycles. The summed E-state index contributed by atoms with van der Waals surface area (Å²) in [4.78, 5) is 45.8. The highest BCUT2D eigenvalue weighted by Gasteiger charge is 2.54. The molecule has 0 saturated carbocycles. The van der Waals surface area contributed by atoms with Gasteiger partial charge < -0.3 is 26.0 Å². The average molecular weight is 583 g/mol. The normalized spacial score (nSPS) is 23.8. The van der Waals surface area contributed by atoms with Gasteiger partial charge in [0.15, 0.2) is 11.6 Å². The summed E-state index contributed by atoms with van der Waals surface area (Å²) in [5.41, 5.74) is 7.40. The Hall–Kier alpha value is -3.37. The summed E-state index contributed by atoms with van der Waals surface area (Å²) in [6, 6.07) is 1.23. The van der Waals surface area contributed by atoms with E-state index in [1.807, 2.05) is 25.1 Å². The minimum atomic E-state index is -1.19. The molecule has 10 heteroatoms. The number of nitrogens with zero attached hydrogens (tertiary/aromatic N) is 3. The van der Waals surface area contributed by atoms with Crippen molar-refractivity contribution in [3.63, 3.8) is 0 Å². The molecule has 0 spiro atoms. The number of carbonyl (C=O) groups excluding carboxylic acids is 3. The quantitative estimate of drug-likeness (QED) is 0.288. The van der Waals surface area contributed by atoms with Crippen LogP contribution >= 0.6 is 0 Å². The van der Waals surface area contributed by atoms with E-state index in [-0.39, 0.29) is 16.9 Å². The third-order valence-corrected chi connectivity index (χ3v) is 9.15. The number of hydrogen-bond acceptors (Lipinski definition) is 9. The predicted octanol–water partition coefficient (Wildman–Crippen LogP) is 3.47. The molecule has 0 saturated heterocycles. The lowest BCUT2D eigenvalue weighted by molar-refractivity contribution is -0.127. The van der Waals surface area contributed by atoms with E-state index in [4.69, 9.17) is 5.73 Å². The summed E-state index contributed by atoms with van der Waals surface area (Å²) in [6.45, 7) is 6.54. The van der Waals surface area contributed by atoms with Crippen molar-refractivity contribution < 1.29 is 29.7 Å². The molecule has 3 aliphatic rings. The second kappa shape index (κ2) is 12.5. The molecule has 230 valence electrons. The van der Waals surface area contributed by atoms with E-state index in [1.165, 1.54) is 0 Å². The number of carbonyl (C=O) groups is 3. The Labute approximate surface area is 248 Å². The Morgan fingerprint density at radius 3 is 2.14 bits per heavy atom. The van der Waals surface area contributed by atoms with E-state index in [0.29, 0.717) is 30.5 Å². The second-order valence-electron chi connectivity index (χ2n) is 12.4. The van der Waals surface area contributed by atoms with Gasteiger partial charge in [-0.1, -0.05) is 26.7 Å². The van der Waals surface area contributed by atoms with Crippen molar-refractivity contribution in [1.29, 1.82) is 0 Å². The lowest BCUT2D eigenvalue weighted by Crippen LogP contribution is -2.53. The zero-order valence-corrected chi connectivity index (χ0v) is 25.7. The van der Waals surface area contributed by atoms with Crippen LogP contribution in [0.3, 0.4) is 0 Å². The number of Topliss-reactive ketones (excluding diaryl/α,β-unsaturated/α-hetero) is 2. The van der Waals surface area contributed by atoms with Crippen LogP contribution in [0.15, 0.2) is 28.7 Å². The van der Waals surface area contributed by atoms with Crippen LogP contribution < -0.4 is 10.6 Å². The Morgan fingerprint density at radius 1 is 1.00 bits per heavy atom. The monoisotopic (exact) mass is 582 g/mol. The van der Waals surface area contributed by atoms with Crippen LogP contribution in [0.2, 0.25) is 0 Å². The number of phenols is 1. The standard InChI is InChI=1S/C32H46N4O6/c1-7-9-11-36(12-10-8-2)16-18-15-21(34(3)4)19-13-17-14-20-24(29(39)22(17)28(38)23(19)27(18)37)30(40)25(32(33)42)31(41)26(20)35(5)6/h15,17,20,24,26,37,39,41H,7-14,16H2,1-6H3,(H2,33,42)/t17?,20?,24?,26-/m0/s1. The first kappa shape index (κ1) is 31.6. The van der Waals surface area contributed by atoms with Gasteiger partial charge in [-0.25, -0.2) is 0 Å². The molecule has 0 fully saturated rings. The summed E-state index contributed by atoms with van der Waals surface area (Å²) in [5.74, 6) is -5.42. The van der Waals surface area contributed by atoms with Crippen LogP contribution in [0, 0.1) is 17.8 Å². The number of amides is 1. The van der Waals surface area contributed by atoms with Gasteiger partial charge in [-0.2, -0.15) is 0 Å². The average Bonchev–Trinajstić information content (AvgIpc) is 2.90. The highest BCUT2D eigenvalue weighted by molar-refractivity contribution is 6.22. The van der Waals surface area contributed by atoms with Crippen LogP contribution in [0.1, 0.15) is 67.4 Å². The number of aliphatic hydroxyl groups is 2. The van der Waals surface area contributed by atoms with Gasteiger partial charge in [0.2, 0.25) is 0 Å². The van der Waals surface area contributed by atoms with Crippen molar-refractivity contribution >= 4 is 23.2 Å². The molecule has 4 atom stereocenters. The van der Waals surface area contributed by atoms with Crippen molar-refractivity contribution in [3.8, 4) is 5.75 Å². The number of rotatable bonds is 11. The summed E-state index contributed by atoms with van der Waals surface area (Å²) in [6.07, 6.45) is 4.86. The van der Waals surface area contributed by atoms with Gasteiger partial charge in [0.1, 0.15) is 22.8 Å². The Balaban J connectivity index is 1.84. The van der Waals surface area contributed by atoms with Crippen molar-refractivity contribution in [2.45, 2.75) is 65.0 Å². The van der Waals surface area contributed by atoms with E-state index in [9.17, 15) is 29.7 Å². The zero-order chi connectivity index (χ0) is 31.0. The van der Waals surface area contributed by atoms with Crippen LogP contribution in [0.4, 0.5) is 5.69 Å². The number of unbranched alkanes of at least 4 members (excludes halogenated alkanes) is 2. The fourth-order valence-corrected chi connectivity index (χ4v) is 7.16. The number of hydrogen-bond donors (Lipinski definition) is 4. The molecule has 1 aromatic rings. The first-order valence-corrected chi connectivity index (χ1v) is 15.0. The van der Waals surface area contributed by atoms with Crippen LogP contribution in [0.5, 0.6) is 5.75 Å². The molecular formula is C32H46N4O6. The summed E-state index contributed by atoms with van der Waals surface area (Å²) >= 11 is 0. The van der Waals surface area contributed by atoms with Crippen LogP contribution in [0.25, 0.3) is 0 Å². The zero-order valence-electron chi connectivity index (χ0n) is 25.7. The summed E-state index contributed by atoms with van der Waals surface area (Å²) in [5, 5.41) is 34.1. The molecular weight excluding hydrogens is 536 g/mol. The third kappa shape index (κ3) is 5.42. The van der Waals surface area contributed by atoms with E-state index < -0.39 is 58.4 Å².